The van der Waals surface area contributed by atoms with Crippen LogP contribution in [-0.4, -0.2) is 108 Å². The third-order valence-corrected chi connectivity index (χ3v) is 9.15. The van der Waals surface area contributed by atoms with Crippen LogP contribution in [-0.2, 0) is 50.2 Å². The second-order valence-corrected chi connectivity index (χ2v) is 16.5. The lowest BCUT2D eigenvalue weighted by molar-refractivity contribution is -0.147. The SMILES string of the molecule is CC(C)[C@@H](NC(=O)[C@@H](CS(=O)(=O)O)NC(=O)CCCCCN1C(=O)C=CC1=O)C(=O)N[C@H](CCCNC(N)=O)CNc1ccc(COC(=O)C(C)(C)S)cc1. The number of esters is 1. The maximum Gasteiger partial charge on any atom is 0.321 e. The summed E-state index contributed by atoms with van der Waals surface area (Å²) in [5, 5.41) is 13.4. The van der Waals surface area contributed by atoms with Gasteiger partial charge in [-0.05, 0) is 63.1 Å². The number of nitrogens with one attached hydrogen (secondary N) is 5. The van der Waals surface area contributed by atoms with E-state index >= 15 is 0 Å². The molecule has 1 aliphatic heterocycles. The molecule has 18 nitrogen and oxygen atoms in total. The van der Waals surface area contributed by atoms with Crippen molar-refractivity contribution >= 4 is 70.0 Å². The van der Waals surface area contributed by atoms with Crippen LogP contribution in [0.4, 0.5) is 10.5 Å². The van der Waals surface area contributed by atoms with Gasteiger partial charge in [-0.2, -0.15) is 21.0 Å². The Morgan fingerprint density at radius 1 is 0.927 bits per heavy atom. The van der Waals surface area contributed by atoms with E-state index in [4.69, 9.17) is 10.5 Å². The van der Waals surface area contributed by atoms with Crippen LogP contribution in [0.1, 0.15) is 71.8 Å². The molecule has 2 rings (SSSR count). The molecule has 3 atom stereocenters. The summed E-state index contributed by atoms with van der Waals surface area (Å²) in [5.41, 5.74) is 6.59. The number of primary amides is 1. The predicted molar refractivity (Wildman–Crippen MR) is 206 cm³/mol. The molecule has 1 aromatic carbocycles. The maximum atomic E-state index is 13.6. The highest BCUT2D eigenvalue weighted by molar-refractivity contribution is 7.85. The minimum absolute atomic E-state index is 0.0526. The second-order valence-electron chi connectivity index (χ2n) is 13.9. The lowest BCUT2D eigenvalue weighted by Crippen LogP contribution is -2.58. The van der Waals surface area contributed by atoms with Crippen molar-refractivity contribution in [3.63, 3.8) is 0 Å². The first kappa shape index (κ1) is 46.5. The van der Waals surface area contributed by atoms with Crippen LogP contribution in [0.15, 0.2) is 36.4 Å². The van der Waals surface area contributed by atoms with Crippen LogP contribution in [0.3, 0.4) is 0 Å². The van der Waals surface area contributed by atoms with Crippen molar-refractivity contribution in [1.82, 2.24) is 26.2 Å². The van der Waals surface area contributed by atoms with Crippen LogP contribution in [0, 0.1) is 5.92 Å². The highest BCUT2D eigenvalue weighted by atomic mass is 32.2. The Kier molecular flexibility index (Phi) is 18.6. The fourth-order valence-corrected chi connectivity index (χ4v) is 5.91. The number of nitrogens with zero attached hydrogens (tertiary/aromatic N) is 1. The Hall–Kier alpha value is -4.69. The molecule has 1 aliphatic rings. The summed E-state index contributed by atoms with van der Waals surface area (Å²) in [5.74, 6) is -5.25. The number of ether oxygens (including phenoxy) is 1. The number of anilines is 1. The van der Waals surface area contributed by atoms with Crippen LogP contribution < -0.4 is 32.3 Å². The van der Waals surface area contributed by atoms with E-state index in [1.165, 1.54) is 12.2 Å². The Bertz CT molecular complexity index is 1640. The smallest absolute Gasteiger partial charge is 0.321 e. The fraction of sp³-hybridized carbons (Fsp3) is 0.571. The topological polar surface area (TPSA) is 272 Å². The van der Waals surface area contributed by atoms with E-state index in [9.17, 15) is 46.5 Å². The van der Waals surface area contributed by atoms with Gasteiger partial charge in [0.05, 0.1) is 0 Å². The molecule has 0 bridgehead atoms. The molecule has 8 N–H and O–H groups in total. The monoisotopic (exact) mass is 811 g/mol. The number of thiol groups is 1. The second kappa shape index (κ2) is 22.0. The number of rotatable bonds is 24. The van der Waals surface area contributed by atoms with E-state index < -0.39 is 86.2 Å². The van der Waals surface area contributed by atoms with Crippen molar-refractivity contribution in [2.75, 3.05) is 30.7 Å². The lowest BCUT2D eigenvalue weighted by Gasteiger charge is -2.28. The number of hydrogen-bond acceptors (Lipinski definition) is 12. The number of nitrogens with two attached hydrogens (primary N) is 1. The van der Waals surface area contributed by atoms with E-state index in [-0.39, 0.29) is 32.7 Å². The average Bonchev–Trinajstić information content (AvgIpc) is 3.41. The molecule has 0 unspecified atom stereocenters. The summed E-state index contributed by atoms with van der Waals surface area (Å²) in [6.07, 6.45) is 4.18. The quantitative estimate of drug-likeness (QED) is 0.0237. The average molecular weight is 812 g/mol. The van der Waals surface area contributed by atoms with Crippen LogP contribution >= 0.6 is 12.6 Å². The first-order valence-electron chi connectivity index (χ1n) is 17.8. The van der Waals surface area contributed by atoms with Crippen molar-refractivity contribution in [1.29, 1.82) is 0 Å². The molecule has 0 fully saturated rings. The minimum atomic E-state index is -4.75. The Labute approximate surface area is 326 Å². The molecular weight excluding hydrogens is 759 g/mol. The summed E-state index contributed by atoms with van der Waals surface area (Å²) in [7, 11) is -4.75. The Balaban J connectivity index is 2.04. The number of hydrogen-bond donors (Lipinski definition) is 8. The van der Waals surface area contributed by atoms with Gasteiger partial charge < -0.3 is 37.1 Å². The van der Waals surface area contributed by atoms with Gasteiger partial charge in [-0.15, -0.1) is 0 Å². The van der Waals surface area contributed by atoms with Crippen LogP contribution in [0.5, 0.6) is 0 Å². The summed E-state index contributed by atoms with van der Waals surface area (Å²) < 4.78 is 37.5. The summed E-state index contributed by atoms with van der Waals surface area (Å²) in [6.45, 7) is 7.23. The summed E-state index contributed by atoms with van der Waals surface area (Å²) in [4.78, 5) is 87.3. The molecule has 306 valence electrons. The van der Waals surface area contributed by atoms with Crippen molar-refractivity contribution in [2.24, 2.45) is 11.7 Å². The third kappa shape index (κ3) is 18.0. The molecule has 0 spiro atoms. The van der Waals surface area contributed by atoms with Gasteiger partial charge in [0.1, 0.15) is 29.2 Å². The van der Waals surface area contributed by atoms with Gasteiger partial charge in [0.15, 0.2) is 0 Å². The van der Waals surface area contributed by atoms with Crippen LogP contribution in [0.25, 0.3) is 0 Å². The van der Waals surface area contributed by atoms with Gasteiger partial charge in [0.2, 0.25) is 17.7 Å². The number of carbonyl (C=O) groups is 7. The maximum absolute atomic E-state index is 13.6. The molecule has 20 heteroatoms. The van der Waals surface area contributed by atoms with E-state index in [0.717, 1.165) is 10.5 Å². The zero-order valence-corrected chi connectivity index (χ0v) is 33.2. The standard InChI is InChI=1S/C35H53N7O11S2/c1-22(2)30(41-31(46)26(21-55(50,51)52)40-27(43)10-6-5-7-18-42-28(44)15-16-29(42)45)32(47)39-25(9-8-17-37-34(36)49)19-38-24-13-11-23(12-14-24)20-53-33(48)35(3,4)54/h11-16,22,25-26,30,38,54H,5-10,17-21H2,1-4H3,(H,39,47)(H,40,43)(H,41,46)(H3,36,37,49)(H,50,51,52)/t25-,26-,30-/m1/s1. The molecule has 1 heterocycles. The van der Waals surface area contributed by atoms with Crippen molar-refractivity contribution in [3.05, 3.63) is 42.0 Å². The molecule has 55 heavy (non-hydrogen) atoms. The van der Waals surface area contributed by atoms with Gasteiger partial charge in [0, 0.05) is 49.9 Å². The molecule has 0 aromatic heterocycles. The number of unbranched alkanes of at least 4 members (excludes halogenated alkanes) is 2. The predicted octanol–water partition coefficient (Wildman–Crippen LogP) is 0.782. The van der Waals surface area contributed by atoms with Gasteiger partial charge >= 0.3 is 12.0 Å². The highest BCUT2D eigenvalue weighted by Crippen LogP contribution is 2.17. The zero-order chi connectivity index (χ0) is 41.3. The van der Waals surface area contributed by atoms with E-state index in [1.807, 2.05) is 0 Å². The number of urea groups is 1. The van der Waals surface area contributed by atoms with Crippen LogP contribution in [0.2, 0.25) is 0 Å². The number of amides is 7. The molecule has 0 radical (unpaired) electrons. The zero-order valence-electron chi connectivity index (χ0n) is 31.5. The molecule has 0 aliphatic carbocycles. The molecular formula is C35H53N7O11S2. The van der Waals surface area contributed by atoms with Crippen molar-refractivity contribution in [3.8, 4) is 0 Å². The summed E-state index contributed by atoms with van der Waals surface area (Å²) >= 11 is 4.20. The first-order chi connectivity index (χ1) is 25.7. The van der Waals surface area contributed by atoms with Crippen molar-refractivity contribution < 1.29 is 51.3 Å². The number of carbonyl (C=O) groups excluding carboxylic acids is 7. The molecule has 0 saturated heterocycles. The largest absolute Gasteiger partial charge is 0.460 e. The van der Waals surface area contributed by atoms with Gasteiger partial charge in [0.25, 0.3) is 21.9 Å². The number of imide groups is 1. The van der Waals surface area contributed by atoms with Crippen molar-refractivity contribution in [2.45, 2.75) is 95.7 Å². The third-order valence-electron chi connectivity index (χ3n) is 8.21. The highest BCUT2D eigenvalue weighted by Gasteiger charge is 2.32. The van der Waals surface area contributed by atoms with E-state index in [2.05, 4.69) is 39.2 Å². The Morgan fingerprint density at radius 3 is 2.13 bits per heavy atom. The van der Waals surface area contributed by atoms with Gasteiger partial charge in [-0.25, -0.2) is 4.79 Å². The van der Waals surface area contributed by atoms with Gasteiger partial charge in [-0.3, -0.25) is 38.2 Å². The fourth-order valence-electron chi connectivity index (χ4n) is 5.19. The minimum Gasteiger partial charge on any atom is -0.460 e. The molecule has 1 aromatic rings. The number of benzene rings is 1. The molecule has 0 saturated carbocycles. The lowest BCUT2D eigenvalue weighted by atomic mass is 10.0. The molecule has 7 amide bonds. The van der Waals surface area contributed by atoms with E-state index in [1.54, 1.807) is 52.0 Å². The van der Waals surface area contributed by atoms with Gasteiger partial charge in [-0.1, -0.05) is 32.4 Å². The first-order valence-corrected chi connectivity index (χ1v) is 19.9. The Morgan fingerprint density at radius 2 is 1.56 bits per heavy atom. The normalized spacial score (nSPS) is 14.6. The summed E-state index contributed by atoms with van der Waals surface area (Å²) in [6, 6.07) is 2.89. The van der Waals surface area contributed by atoms with E-state index in [0.29, 0.717) is 37.8 Å².